The molecule has 6 nitrogen and oxygen atoms in total. The van der Waals surface area contributed by atoms with Gasteiger partial charge >= 0.3 is 6.03 Å². The van der Waals surface area contributed by atoms with Crippen LogP contribution in [0.3, 0.4) is 0 Å². The van der Waals surface area contributed by atoms with E-state index in [0.717, 1.165) is 30.5 Å². The summed E-state index contributed by atoms with van der Waals surface area (Å²) in [4.78, 5) is 29.1. The zero-order valence-corrected chi connectivity index (χ0v) is 16.9. The number of aryl methyl sites for hydroxylation is 1. The first kappa shape index (κ1) is 19.2. The van der Waals surface area contributed by atoms with E-state index in [1.54, 1.807) is 4.90 Å². The molecule has 1 aromatic rings. The number of rotatable bonds is 6. The van der Waals surface area contributed by atoms with Crippen molar-refractivity contribution in [3.05, 3.63) is 29.3 Å². The van der Waals surface area contributed by atoms with Gasteiger partial charge in [-0.2, -0.15) is 0 Å². The molecule has 3 aliphatic rings. The fraction of sp³-hybridized carbons (Fsp3) is 0.636. The lowest BCUT2D eigenvalue weighted by Crippen LogP contribution is -2.50. The molecule has 6 heteroatoms. The van der Waals surface area contributed by atoms with E-state index >= 15 is 0 Å². The molecule has 2 atom stereocenters. The average molecular weight is 386 g/mol. The highest BCUT2D eigenvalue weighted by Gasteiger charge is 2.39. The zero-order chi connectivity index (χ0) is 19.7. The predicted molar refractivity (Wildman–Crippen MR) is 109 cm³/mol. The van der Waals surface area contributed by atoms with Crippen molar-refractivity contribution >= 4 is 17.6 Å². The Bertz CT molecular complexity index is 747. The van der Waals surface area contributed by atoms with Crippen LogP contribution in [0, 0.1) is 12.8 Å². The highest BCUT2D eigenvalue weighted by molar-refractivity contribution is 5.99. The Morgan fingerprint density at radius 3 is 2.79 bits per heavy atom. The van der Waals surface area contributed by atoms with Gasteiger partial charge in [0.1, 0.15) is 0 Å². The van der Waals surface area contributed by atoms with Crippen LogP contribution in [0.15, 0.2) is 18.2 Å². The Kier molecular flexibility index (Phi) is 5.58. The third kappa shape index (κ3) is 4.02. The van der Waals surface area contributed by atoms with E-state index in [4.69, 9.17) is 4.74 Å². The Balaban J connectivity index is 1.53. The monoisotopic (exact) mass is 385 g/mol. The summed E-state index contributed by atoms with van der Waals surface area (Å²) in [5, 5.41) is 2.83. The first-order valence-corrected chi connectivity index (χ1v) is 10.7. The second-order valence-electron chi connectivity index (χ2n) is 8.37. The molecule has 1 N–H and O–H groups in total. The number of morpholine rings is 1. The van der Waals surface area contributed by atoms with Gasteiger partial charge in [-0.1, -0.05) is 25.8 Å². The van der Waals surface area contributed by atoms with E-state index in [0.29, 0.717) is 37.7 Å². The number of unbranched alkanes of at least 4 members (excludes halogenated alkanes) is 1. The van der Waals surface area contributed by atoms with Gasteiger partial charge < -0.3 is 15.0 Å². The maximum Gasteiger partial charge on any atom is 0.322 e. The normalized spacial score (nSPS) is 25.1. The minimum atomic E-state index is -0.0903. The fourth-order valence-electron chi connectivity index (χ4n) is 4.27. The second-order valence-corrected chi connectivity index (χ2v) is 8.37. The summed E-state index contributed by atoms with van der Waals surface area (Å²) >= 11 is 0. The number of amides is 3. The molecule has 0 aromatic heterocycles. The van der Waals surface area contributed by atoms with E-state index in [1.807, 2.05) is 30.0 Å². The van der Waals surface area contributed by atoms with Gasteiger partial charge in [-0.3, -0.25) is 9.69 Å². The molecule has 0 radical (unpaired) electrons. The number of benzene rings is 1. The van der Waals surface area contributed by atoms with Crippen molar-refractivity contribution < 1.29 is 14.3 Å². The molecular formula is C22H31N3O3. The molecule has 3 fully saturated rings. The molecule has 2 aliphatic heterocycles. The largest absolute Gasteiger partial charge is 0.371 e. The molecule has 1 aromatic carbocycles. The van der Waals surface area contributed by atoms with Crippen LogP contribution in [0.5, 0.6) is 0 Å². The van der Waals surface area contributed by atoms with Crippen molar-refractivity contribution in [2.24, 2.45) is 5.92 Å². The summed E-state index contributed by atoms with van der Waals surface area (Å²) in [6.07, 6.45) is 6.02. The van der Waals surface area contributed by atoms with Crippen LogP contribution < -0.4 is 10.2 Å². The smallest absolute Gasteiger partial charge is 0.322 e. The third-order valence-corrected chi connectivity index (χ3v) is 6.11. The SMILES string of the molecule is CCCC[C@@H]1CN(C(=O)c2ccc(C)c(N3CCNC3=O)c2)C[C@H](C2CC2)O1. The van der Waals surface area contributed by atoms with Gasteiger partial charge in [-0.05, 0) is 49.8 Å². The lowest BCUT2D eigenvalue weighted by atomic mass is 10.0. The molecule has 0 spiro atoms. The van der Waals surface area contributed by atoms with E-state index in [2.05, 4.69) is 12.2 Å². The summed E-state index contributed by atoms with van der Waals surface area (Å²) in [6, 6.07) is 5.62. The summed E-state index contributed by atoms with van der Waals surface area (Å²) in [5.41, 5.74) is 2.49. The highest BCUT2D eigenvalue weighted by Crippen LogP contribution is 2.37. The molecule has 3 amide bonds. The van der Waals surface area contributed by atoms with E-state index in [9.17, 15) is 9.59 Å². The maximum absolute atomic E-state index is 13.3. The fourth-order valence-corrected chi connectivity index (χ4v) is 4.27. The molecule has 28 heavy (non-hydrogen) atoms. The number of nitrogens with one attached hydrogen (secondary N) is 1. The second kappa shape index (κ2) is 8.11. The van der Waals surface area contributed by atoms with Gasteiger partial charge in [0.05, 0.1) is 12.2 Å². The Labute approximate surface area is 167 Å². The number of ether oxygens (including phenoxy) is 1. The third-order valence-electron chi connectivity index (χ3n) is 6.11. The van der Waals surface area contributed by atoms with Crippen LogP contribution in [0.25, 0.3) is 0 Å². The minimum absolute atomic E-state index is 0.0521. The van der Waals surface area contributed by atoms with Crippen LogP contribution in [0.4, 0.5) is 10.5 Å². The van der Waals surface area contributed by atoms with Crippen molar-refractivity contribution in [2.45, 2.75) is 58.2 Å². The average Bonchev–Trinajstić information content (AvgIpc) is 3.47. The minimum Gasteiger partial charge on any atom is -0.371 e. The number of hydrogen-bond donors (Lipinski definition) is 1. The standard InChI is InChI=1S/C22H31N3O3/c1-3-4-5-18-13-24(14-20(28-18)16-8-9-16)21(26)17-7-6-15(2)19(12-17)25-11-10-23-22(25)27/h6-7,12,16,18,20H,3-5,8-11,13-14H2,1-2H3,(H,23,27)/t18-,20-/m1/s1. The molecule has 1 aliphatic carbocycles. The first-order chi connectivity index (χ1) is 13.6. The van der Waals surface area contributed by atoms with Crippen molar-refractivity contribution in [1.29, 1.82) is 0 Å². The zero-order valence-electron chi connectivity index (χ0n) is 16.9. The molecule has 2 saturated heterocycles. The number of hydrogen-bond acceptors (Lipinski definition) is 3. The Morgan fingerprint density at radius 1 is 1.29 bits per heavy atom. The summed E-state index contributed by atoms with van der Waals surface area (Å²) < 4.78 is 6.31. The molecule has 1 saturated carbocycles. The van der Waals surface area contributed by atoms with Gasteiger partial charge in [0.15, 0.2) is 0 Å². The quantitative estimate of drug-likeness (QED) is 0.817. The molecular weight excluding hydrogens is 354 g/mol. The van der Waals surface area contributed by atoms with Crippen molar-refractivity contribution in [3.63, 3.8) is 0 Å². The van der Waals surface area contributed by atoms with Gasteiger partial charge in [-0.15, -0.1) is 0 Å². The van der Waals surface area contributed by atoms with E-state index < -0.39 is 0 Å². The summed E-state index contributed by atoms with van der Waals surface area (Å²) in [5.74, 6) is 0.665. The number of nitrogens with zero attached hydrogens (tertiary/aromatic N) is 2. The summed E-state index contributed by atoms with van der Waals surface area (Å²) in [6.45, 7) is 6.79. The predicted octanol–water partition coefficient (Wildman–Crippen LogP) is 3.33. The van der Waals surface area contributed by atoms with Crippen LogP contribution in [-0.2, 0) is 4.74 Å². The van der Waals surface area contributed by atoms with Crippen LogP contribution in [0.1, 0.15) is 54.9 Å². The topological polar surface area (TPSA) is 61.9 Å². The molecule has 4 rings (SSSR count). The number of urea groups is 1. The van der Waals surface area contributed by atoms with Crippen molar-refractivity contribution in [3.8, 4) is 0 Å². The Morgan fingerprint density at radius 2 is 2.11 bits per heavy atom. The maximum atomic E-state index is 13.3. The lowest BCUT2D eigenvalue weighted by molar-refractivity contribution is -0.0874. The van der Waals surface area contributed by atoms with Gasteiger partial charge in [0.2, 0.25) is 0 Å². The first-order valence-electron chi connectivity index (χ1n) is 10.7. The van der Waals surface area contributed by atoms with Gasteiger partial charge in [0, 0.05) is 37.4 Å². The molecule has 152 valence electrons. The number of carbonyl (C=O) groups excluding carboxylic acids is 2. The number of anilines is 1. The van der Waals surface area contributed by atoms with Crippen LogP contribution in [0.2, 0.25) is 0 Å². The Hall–Kier alpha value is -2.08. The lowest BCUT2D eigenvalue weighted by Gasteiger charge is -2.38. The van der Waals surface area contributed by atoms with Crippen LogP contribution >= 0.6 is 0 Å². The van der Waals surface area contributed by atoms with Crippen molar-refractivity contribution in [1.82, 2.24) is 10.2 Å². The summed E-state index contributed by atoms with van der Waals surface area (Å²) in [7, 11) is 0. The number of carbonyl (C=O) groups is 2. The van der Waals surface area contributed by atoms with E-state index in [1.165, 1.54) is 12.8 Å². The van der Waals surface area contributed by atoms with Crippen molar-refractivity contribution in [2.75, 3.05) is 31.1 Å². The highest BCUT2D eigenvalue weighted by atomic mass is 16.5. The molecule has 0 unspecified atom stereocenters. The van der Waals surface area contributed by atoms with Gasteiger partial charge in [-0.25, -0.2) is 4.79 Å². The van der Waals surface area contributed by atoms with Gasteiger partial charge in [0.25, 0.3) is 5.91 Å². The van der Waals surface area contributed by atoms with Crippen LogP contribution in [-0.4, -0.2) is 55.2 Å². The molecule has 0 bridgehead atoms. The molecule has 2 heterocycles. The van der Waals surface area contributed by atoms with E-state index in [-0.39, 0.29) is 24.1 Å².